The molecule has 33 heavy (non-hydrogen) atoms. The van der Waals surface area contributed by atoms with Crippen molar-refractivity contribution in [1.82, 2.24) is 0 Å². The molecule has 1 heterocycles. The molecule has 4 aliphatic rings. The number of carbonyl (C=O) groups excluding carboxylic acids is 2. The molecule has 2 amide bonds. The molecular formula is C25H14Cl2F3NO2. The average molecular weight is 488 g/mol. The van der Waals surface area contributed by atoms with E-state index in [0.717, 1.165) is 39.3 Å². The van der Waals surface area contributed by atoms with E-state index < -0.39 is 51.2 Å². The van der Waals surface area contributed by atoms with E-state index in [-0.39, 0.29) is 5.69 Å². The van der Waals surface area contributed by atoms with Crippen molar-refractivity contribution in [2.24, 2.45) is 11.8 Å². The number of halogens is 5. The van der Waals surface area contributed by atoms with Crippen LogP contribution in [0.4, 0.5) is 18.9 Å². The van der Waals surface area contributed by atoms with Gasteiger partial charge in [0.15, 0.2) is 0 Å². The molecule has 3 aromatic rings. The summed E-state index contributed by atoms with van der Waals surface area (Å²) in [5.41, 5.74) is 1.97. The fraction of sp³-hybridized carbons (Fsp3) is 0.200. The van der Waals surface area contributed by atoms with E-state index in [1.54, 1.807) is 0 Å². The van der Waals surface area contributed by atoms with Crippen molar-refractivity contribution in [1.29, 1.82) is 0 Å². The second-order valence-electron chi connectivity index (χ2n) is 8.54. The van der Waals surface area contributed by atoms with Crippen LogP contribution in [-0.2, 0) is 20.6 Å². The first-order chi connectivity index (χ1) is 15.7. The molecule has 2 atom stereocenters. The number of benzene rings is 3. The minimum atomic E-state index is -4.73. The zero-order chi connectivity index (χ0) is 23.3. The molecule has 1 saturated heterocycles. The molecule has 0 radical (unpaired) electrons. The maximum Gasteiger partial charge on any atom is 0.417 e. The van der Waals surface area contributed by atoms with Crippen LogP contribution in [0.25, 0.3) is 0 Å². The van der Waals surface area contributed by atoms with Crippen molar-refractivity contribution >= 4 is 40.7 Å². The summed E-state index contributed by atoms with van der Waals surface area (Å²) in [7, 11) is 0. The van der Waals surface area contributed by atoms with Gasteiger partial charge >= 0.3 is 6.18 Å². The first kappa shape index (κ1) is 20.8. The number of anilines is 1. The summed E-state index contributed by atoms with van der Waals surface area (Å²) in [6.07, 6.45) is -4.73. The van der Waals surface area contributed by atoms with Crippen molar-refractivity contribution < 1.29 is 22.8 Å². The molecule has 3 nitrogen and oxygen atoms in total. The third-order valence-electron chi connectivity index (χ3n) is 7.03. The Kier molecular flexibility index (Phi) is 4.16. The highest BCUT2D eigenvalue weighted by molar-refractivity contribution is 6.34. The second kappa shape index (κ2) is 6.61. The SMILES string of the molecule is O=C1[C@H]2C3c4ccccc4C(Cl)(c4ccccc43)[C@H]2C(=O)N1c1ccc(Cl)c(C(F)(F)F)c1. The van der Waals surface area contributed by atoms with Crippen LogP contribution in [0.5, 0.6) is 0 Å². The Balaban J connectivity index is 1.56. The van der Waals surface area contributed by atoms with E-state index in [1.165, 1.54) is 6.07 Å². The molecule has 2 bridgehead atoms. The van der Waals surface area contributed by atoms with Gasteiger partial charge in [0.05, 0.1) is 28.1 Å². The molecule has 1 fully saturated rings. The van der Waals surface area contributed by atoms with Crippen molar-refractivity contribution in [3.63, 3.8) is 0 Å². The number of hydrogen-bond acceptors (Lipinski definition) is 2. The van der Waals surface area contributed by atoms with Crippen molar-refractivity contribution in [2.45, 2.75) is 17.0 Å². The predicted octanol–water partition coefficient (Wildman–Crippen LogP) is 6.11. The Morgan fingerprint density at radius 2 is 1.42 bits per heavy atom. The zero-order valence-corrected chi connectivity index (χ0v) is 18.2. The number of imide groups is 1. The highest BCUT2D eigenvalue weighted by Crippen LogP contribution is 2.65. The summed E-state index contributed by atoms with van der Waals surface area (Å²) < 4.78 is 40.4. The van der Waals surface area contributed by atoms with Gasteiger partial charge in [0.2, 0.25) is 11.8 Å². The number of alkyl halides is 4. The van der Waals surface area contributed by atoms with Gasteiger partial charge in [0, 0.05) is 5.92 Å². The van der Waals surface area contributed by atoms with Gasteiger partial charge in [-0.15, -0.1) is 11.6 Å². The van der Waals surface area contributed by atoms with Crippen molar-refractivity contribution in [3.05, 3.63) is 99.6 Å². The molecular weight excluding hydrogens is 474 g/mol. The Bertz CT molecular complexity index is 1320. The van der Waals surface area contributed by atoms with E-state index in [1.807, 2.05) is 48.5 Å². The van der Waals surface area contributed by atoms with Crippen LogP contribution in [0.15, 0.2) is 66.7 Å². The lowest BCUT2D eigenvalue weighted by atomic mass is 9.54. The number of hydrogen-bond donors (Lipinski definition) is 0. The Morgan fingerprint density at radius 3 is 2.00 bits per heavy atom. The fourth-order valence-corrected chi connectivity index (χ4v) is 6.60. The molecule has 0 spiro atoms. The normalized spacial score (nSPS) is 27.4. The quantitative estimate of drug-likeness (QED) is 0.307. The van der Waals surface area contributed by atoms with Crippen LogP contribution >= 0.6 is 23.2 Å². The average Bonchev–Trinajstić information content (AvgIpc) is 3.05. The second-order valence-corrected chi connectivity index (χ2v) is 9.54. The number of amides is 2. The summed E-state index contributed by atoms with van der Waals surface area (Å²) in [5, 5.41) is -0.503. The van der Waals surface area contributed by atoms with Crippen LogP contribution in [0, 0.1) is 11.8 Å². The lowest BCUT2D eigenvalue weighted by Gasteiger charge is -2.50. The van der Waals surface area contributed by atoms with E-state index in [4.69, 9.17) is 23.2 Å². The van der Waals surface area contributed by atoms with Gasteiger partial charge in [-0.2, -0.15) is 13.2 Å². The zero-order valence-electron chi connectivity index (χ0n) is 16.7. The highest BCUT2D eigenvalue weighted by atomic mass is 35.5. The Labute approximate surface area is 196 Å². The first-order valence-corrected chi connectivity index (χ1v) is 11.0. The van der Waals surface area contributed by atoms with Gasteiger partial charge < -0.3 is 0 Å². The fourth-order valence-electron chi connectivity index (χ4n) is 5.80. The van der Waals surface area contributed by atoms with Gasteiger partial charge in [-0.05, 0) is 40.5 Å². The van der Waals surface area contributed by atoms with E-state index in [0.29, 0.717) is 0 Å². The summed E-state index contributed by atoms with van der Waals surface area (Å²) in [5.74, 6) is -3.33. The molecule has 0 saturated carbocycles. The van der Waals surface area contributed by atoms with E-state index in [9.17, 15) is 22.8 Å². The molecule has 0 unspecified atom stereocenters. The van der Waals surface area contributed by atoms with Crippen LogP contribution in [0.2, 0.25) is 5.02 Å². The third-order valence-corrected chi connectivity index (χ3v) is 8.00. The summed E-state index contributed by atoms with van der Waals surface area (Å²) in [6.45, 7) is 0. The maximum atomic E-state index is 13.7. The molecule has 0 aromatic heterocycles. The van der Waals surface area contributed by atoms with Gasteiger partial charge in [-0.25, -0.2) is 4.90 Å². The van der Waals surface area contributed by atoms with Gasteiger partial charge in [0.1, 0.15) is 4.87 Å². The standard InChI is InChI=1S/C25H14Cl2F3NO2/c26-18-10-9-12(11-17(18)25(28,29)30)31-22(32)20-19-13-5-1-3-7-15(13)24(27,21(20)23(31)33)16-8-4-2-6-14(16)19/h1-11,19-21H/t19?,20-,21+,24?/m0/s1. The van der Waals surface area contributed by atoms with Crippen LogP contribution in [0.1, 0.15) is 33.7 Å². The maximum absolute atomic E-state index is 13.7. The summed E-state index contributed by atoms with van der Waals surface area (Å²) in [6, 6.07) is 17.9. The lowest BCUT2D eigenvalue weighted by Crippen LogP contribution is -2.50. The third kappa shape index (κ3) is 2.53. The minimum Gasteiger partial charge on any atom is -0.274 e. The monoisotopic (exact) mass is 487 g/mol. The van der Waals surface area contributed by atoms with Gasteiger partial charge in [0.25, 0.3) is 0 Å². The molecule has 3 aromatic carbocycles. The molecule has 7 rings (SSSR count). The molecule has 1 aliphatic heterocycles. The largest absolute Gasteiger partial charge is 0.417 e. The summed E-state index contributed by atoms with van der Waals surface area (Å²) >= 11 is 13.1. The molecule has 8 heteroatoms. The minimum absolute atomic E-state index is 0.163. The van der Waals surface area contributed by atoms with Crippen LogP contribution in [0.3, 0.4) is 0 Å². The molecule has 0 N–H and O–H groups in total. The number of carbonyl (C=O) groups is 2. The molecule has 166 valence electrons. The smallest absolute Gasteiger partial charge is 0.274 e. The van der Waals surface area contributed by atoms with Crippen LogP contribution < -0.4 is 4.90 Å². The van der Waals surface area contributed by atoms with E-state index >= 15 is 0 Å². The number of rotatable bonds is 1. The Hall–Kier alpha value is -2.83. The lowest BCUT2D eigenvalue weighted by molar-refractivity contribution is -0.137. The van der Waals surface area contributed by atoms with E-state index in [2.05, 4.69) is 0 Å². The number of nitrogens with zero attached hydrogens (tertiary/aromatic N) is 1. The summed E-state index contributed by atoms with van der Waals surface area (Å²) in [4.78, 5) is 26.9. The topological polar surface area (TPSA) is 37.4 Å². The highest BCUT2D eigenvalue weighted by Gasteiger charge is 2.68. The first-order valence-electron chi connectivity index (χ1n) is 10.3. The van der Waals surface area contributed by atoms with Crippen LogP contribution in [-0.4, -0.2) is 11.8 Å². The van der Waals surface area contributed by atoms with Crippen molar-refractivity contribution in [3.8, 4) is 0 Å². The molecule has 3 aliphatic carbocycles. The van der Waals surface area contributed by atoms with Crippen molar-refractivity contribution in [2.75, 3.05) is 4.90 Å². The predicted molar refractivity (Wildman–Crippen MR) is 117 cm³/mol. The Morgan fingerprint density at radius 1 is 0.848 bits per heavy atom. The van der Waals surface area contributed by atoms with Gasteiger partial charge in [-0.3, -0.25) is 9.59 Å². The van der Waals surface area contributed by atoms with Gasteiger partial charge in [-0.1, -0.05) is 60.1 Å².